The molecule has 13 heteroatoms. The number of nitrogens with two attached hydrogens (primary N) is 1. The number of thiazole rings is 1. The molecule has 0 saturated carbocycles. The number of carbonyl (C=O) groups excluding carboxylic acids is 2. The highest BCUT2D eigenvalue weighted by Crippen LogP contribution is 2.47. The predicted octanol–water partition coefficient (Wildman–Crippen LogP) is 4.58. The third-order valence-corrected chi connectivity index (χ3v) is 9.38. The first-order chi connectivity index (χ1) is 19.0. The molecular formula is C26H20N8O2S3. The molecular weight excluding hydrogens is 553 g/mol. The quantitative estimate of drug-likeness (QED) is 0.314. The SMILES string of the molecule is N#CC1=C(N)N(c2nnc(SCC(=O)Nc3nc4ccccc4s3)s2)C2=C(C(=O)CCC2)C1c1cccnc1. The van der Waals surface area contributed by atoms with Gasteiger partial charge in [-0.1, -0.05) is 52.6 Å². The van der Waals surface area contributed by atoms with Gasteiger partial charge in [-0.15, -0.1) is 10.2 Å². The average molecular weight is 573 g/mol. The summed E-state index contributed by atoms with van der Waals surface area (Å²) < 4.78 is 1.56. The third kappa shape index (κ3) is 4.78. The summed E-state index contributed by atoms with van der Waals surface area (Å²) >= 11 is 3.91. The van der Waals surface area contributed by atoms with Crippen LogP contribution in [-0.4, -0.2) is 37.6 Å². The number of nitrogens with zero attached hydrogens (tertiary/aromatic N) is 6. The van der Waals surface area contributed by atoms with Crippen LogP contribution in [0.2, 0.25) is 0 Å². The second-order valence-corrected chi connectivity index (χ2v) is 12.0. The van der Waals surface area contributed by atoms with E-state index < -0.39 is 5.92 Å². The molecule has 39 heavy (non-hydrogen) atoms. The van der Waals surface area contributed by atoms with Crippen LogP contribution in [-0.2, 0) is 9.59 Å². The molecule has 1 unspecified atom stereocenters. The van der Waals surface area contributed by atoms with Gasteiger partial charge in [-0.3, -0.25) is 19.5 Å². The van der Waals surface area contributed by atoms with Crippen molar-refractivity contribution in [2.24, 2.45) is 5.73 Å². The van der Waals surface area contributed by atoms with Crippen molar-refractivity contribution in [1.82, 2.24) is 20.2 Å². The Balaban J connectivity index is 1.24. The van der Waals surface area contributed by atoms with Gasteiger partial charge < -0.3 is 11.1 Å². The molecule has 1 atom stereocenters. The molecule has 0 saturated heterocycles. The van der Waals surface area contributed by atoms with Gasteiger partial charge in [0.15, 0.2) is 15.3 Å². The first-order valence-corrected chi connectivity index (χ1v) is 14.6. The summed E-state index contributed by atoms with van der Waals surface area (Å²) in [5.41, 5.74) is 9.72. The molecule has 0 spiro atoms. The smallest absolute Gasteiger partial charge is 0.236 e. The number of thioether (sulfide) groups is 1. The van der Waals surface area contributed by atoms with Crippen LogP contribution in [0.1, 0.15) is 30.7 Å². The van der Waals surface area contributed by atoms with Gasteiger partial charge in [0.25, 0.3) is 0 Å². The van der Waals surface area contributed by atoms with Crippen molar-refractivity contribution in [2.45, 2.75) is 29.5 Å². The Kier molecular flexibility index (Phi) is 6.82. The number of anilines is 2. The minimum atomic E-state index is -0.573. The number of amides is 1. The Morgan fingerprint density at radius 2 is 2.08 bits per heavy atom. The zero-order valence-corrected chi connectivity index (χ0v) is 22.8. The molecule has 1 aromatic carbocycles. The van der Waals surface area contributed by atoms with E-state index in [4.69, 9.17) is 5.73 Å². The standard InChI is InChI=1S/C26H20N8O2S3/c27-11-15-21(14-5-4-10-29-12-14)22-17(7-3-8-18(22)35)34(23(15)28)25-32-33-26(39-25)37-13-20(36)31-24-30-16-6-1-2-9-19(16)38-24/h1-2,4-6,9-10,12,21H,3,7-8,13,28H2,(H,30,31,36). The molecule has 0 radical (unpaired) electrons. The van der Waals surface area contributed by atoms with Crippen molar-refractivity contribution in [1.29, 1.82) is 5.26 Å². The number of nitriles is 1. The van der Waals surface area contributed by atoms with E-state index in [-0.39, 0.29) is 28.8 Å². The van der Waals surface area contributed by atoms with E-state index in [9.17, 15) is 14.9 Å². The number of pyridine rings is 1. The van der Waals surface area contributed by atoms with Gasteiger partial charge >= 0.3 is 0 Å². The lowest BCUT2D eigenvalue weighted by molar-refractivity contribution is -0.116. The van der Waals surface area contributed by atoms with Crippen molar-refractivity contribution in [3.05, 3.63) is 77.0 Å². The average Bonchev–Trinajstić information content (AvgIpc) is 3.58. The first-order valence-electron chi connectivity index (χ1n) is 12.0. The number of aromatic nitrogens is 4. The molecule has 0 bridgehead atoms. The summed E-state index contributed by atoms with van der Waals surface area (Å²) in [5, 5.41) is 22.5. The van der Waals surface area contributed by atoms with Crippen molar-refractivity contribution < 1.29 is 9.59 Å². The summed E-state index contributed by atoms with van der Waals surface area (Å²) in [6, 6.07) is 13.5. The number of hydrogen-bond donors (Lipinski definition) is 2. The third-order valence-electron chi connectivity index (χ3n) is 6.39. The Morgan fingerprint density at radius 3 is 2.87 bits per heavy atom. The Hall–Kier alpha value is -4.12. The highest BCUT2D eigenvalue weighted by molar-refractivity contribution is 8.01. The van der Waals surface area contributed by atoms with Crippen LogP contribution in [0.15, 0.2) is 75.8 Å². The van der Waals surface area contributed by atoms with E-state index in [1.807, 2.05) is 30.3 Å². The highest BCUT2D eigenvalue weighted by atomic mass is 32.2. The number of ketones is 1. The number of rotatable bonds is 6. The summed E-state index contributed by atoms with van der Waals surface area (Å²) in [6.07, 6.45) is 5.01. The van der Waals surface area contributed by atoms with Gasteiger partial charge in [-0.25, -0.2) is 4.98 Å². The second kappa shape index (κ2) is 10.6. The lowest BCUT2D eigenvalue weighted by Crippen LogP contribution is -2.38. The molecule has 194 valence electrons. The zero-order valence-electron chi connectivity index (χ0n) is 20.3. The Bertz CT molecular complexity index is 1670. The van der Waals surface area contributed by atoms with Crippen LogP contribution >= 0.6 is 34.4 Å². The summed E-state index contributed by atoms with van der Waals surface area (Å²) in [7, 11) is 0. The first kappa shape index (κ1) is 25.2. The van der Waals surface area contributed by atoms with E-state index in [0.29, 0.717) is 39.4 Å². The molecule has 4 aromatic rings. The van der Waals surface area contributed by atoms with E-state index in [1.54, 1.807) is 23.4 Å². The predicted molar refractivity (Wildman–Crippen MR) is 151 cm³/mol. The fourth-order valence-corrected chi connectivity index (χ4v) is 7.31. The van der Waals surface area contributed by atoms with Crippen LogP contribution in [0.5, 0.6) is 0 Å². The molecule has 1 amide bonds. The van der Waals surface area contributed by atoms with Crippen LogP contribution in [0.25, 0.3) is 10.2 Å². The minimum absolute atomic E-state index is 0.0130. The van der Waals surface area contributed by atoms with Crippen molar-refractivity contribution in [3.63, 3.8) is 0 Å². The number of hydrogen-bond acceptors (Lipinski definition) is 12. The fourth-order valence-electron chi connectivity index (χ4n) is 4.74. The summed E-state index contributed by atoms with van der Waals surface area (Å²) in [5.74, 6) is -0.450. The van der Waals surface area contributed by atoms with E-state index in [1.165, 1.54) is 34.4 Å². The number of allylic oxidation sites excluding steroid dienone is 3. The maximum absolute atomic E-state index is 13.2. The van der Waals surface area contributed by atoms with E-state index >= 15 is 0 Å². The lowest BCUT2D eigenvalue weighted by atomic mass is 9.76. The van der Waals surface area contributed by atoms with Crippen LogP contribution in [0.3, 0.4) is 0 Å². The topological polar surface area (TPSA) is 151 Å². The number of carbonyl (C=O) groups is 2. The summed E-state index contributed by atoms with van der Waals surface area (Å²) in [6.45, 7) is 0. The molecule has 4 heterocycles. The van der Waals surface area contributed by atoms with Crippen molar-refractivity contribution >= 4 is 66.6 Å². The van der Waals surface area contributed by atoms with Gasteiger partial charge in [0, 0.05) is 30.1 Å². The molecule has 3 N–H and O–H groups in total. The molecule has 0 fully saturated rings. The van der Waals surface area contributed by atoms with Crippen LogP contribution in [0, 0.1) is 11.3 Å². The molecule has 2 aliphatic rings. The van der Waals surface area contributed by atoms with Crippen molar-refractivity contribution in [2.75, 3.05) is 16.0 Å². The maximum atomic E-state index is 13.2. The van der Waals surface area contributed by atoms with Gasteiger partial charge in [0.2, 0.25) is 11.0 Å². The van der Waals surface area contributed by atoms with Gasteiger partial charge in [-0.05, 0) is 36.6 Å². The van der Waals surface area contributed by atoms with E-state index in [2.05, 4.69) is 31.6 Å². The maximum Gasteiger partial charge on any atom is 0.236 e. The molecule has 10 nitrogen and oxygen atoms in total. The van der Waals surface area contributed by atoms with E-state index in [0.717, 1.165) is 21.5 Å². The monoisotopic (exact) mass is 572 g/mol. The molecule has 1 aliphatic heterocycles. The number of benzene rings is 1. The number of para-hydroxylation sites is 1. The van der Waals surface area contributed by atoms with Gasteiger partial charge in [0.1, 0.15) is 5.82 Å². The summed E-state index contributed by atoms with van der Waals surface area (Å²) in [4.78, 5) is 36.1. The lowest BCUT2D eigenvalue weighted by Gasteiger charge is -2.37. The van der Waals surface area contributed by atoms with Gasteiger partial charge in [0.05, 0.1) is 33.5 Å². The largest absolute Gasteiger partial charge is 0.384 e. The van der Waals surface area contributed by atoms with Gasteiger partial charge in [-0.2, -0.15) is 5.26 Å². The van der Waals surface area contributed by atoms with Crippen LogP contribution < -0.4 is 16.0 Å². The minimum Gasteiger partial charge on any atom is -0.384 e. The number of fused-ring (bicyclic) bond motifs is 1. The Labute approximate surface area is 235 Å². The second-order valence-electron chi connectivity index (χ2n) is 8.78. The fraction of sp³-hybridized carbons (Fsp3) is 0.192. The van der Waals surface area contributed by atoms with Crippen LogP contribution in [0.4, 0.5) is 10.3 Å². The molecule has 1 aliphatic carbocycles. The normalized spacial score (nSPS) is 17.4. The highest BCUT2D eigenvalue weighted by Gasteiger charge is 2.41. The Morgan fingerprint density at radius 1 is 1.21 bits per heavy atom. The number of Topliss-reactive ketones (excluding diaryl/α,β-unsaturated/α-hetero) is 1. The number of nitrogens with one attached hydrogen (secondary N) is 1. The zero-order chi connectivity index (χ0) is 26.9. The molecule has 3 aromatic heterocycles. The molecule has 6 rings (SSSR count). The van der Waals surface area contributed by atoms with Crippen molar-refractivity contribution in [3.8, 4) is 6.07 Å².